The second-order valence-electron chi connectivity index (χ2n) is 4.76. The lowest BCUT2D eigenvalue weighted by Crippen LogP contribution is -2.49. The van der Waals surface area contributed by atoms with Gasteiger partial charge in [-0.1, -0.05) is 6.92 Å². The van der Waals surface area contributed by atoms with Gasteiger partial charge in [-0.2, -0.15) is 0 Å². The van der Waals surface area contributed by atoms with Crippen molar-refractivity contribution in [3.05, 3.63) is 0 Å². The van der Waals surface area contributed by atoms with Crippen LogP contribution in [0.1, 0.15) is 20.8 Å². The molecule has 1 amide bonds. The molecule has 104 valence electrons. The summed E-state index contributed by atoms with van der Waals surface area (Å²) in [7, 11) is 0. The Labute approximate surface area is 107 Å². The lowest BCUT2D eigenvalue weighted by atomic mass is 10.0. The van der Waals surface area contributed by atoms with Gasteiger partial charge in [0.25, 0.3) is 0 Å². The van der Waals surface area contributed by atoms with Crippen LogP contribution in [0.4, 0.5) is 0 Å². The Kier molecular flexibility index (Phi) is 5.55. The first-order chi connectivity index (χ1) is 8.47. The Morgan fingerprint density at radius 1 is 1.44 bits per heavy atom. The number of likely N-dealkylation sites (N-methyl/N-ethyl adjacent to an activating group) is 1. The van der Waals surface area contributed by atoms with Crippen LogP contribution in [0.5, 0.6) is 0 Å². The first-order valence-electron chi connectivity index (χ1n) is 6.30. The first kappa shape index (κ1) is 14.9. The van der Waals surface area contributed by atoms with Crippen molar-refractivity contribution in [3.8, 4) is 0 Å². The molecule has 0 saturated carbocycles. The number of amides is 1. The van der Waals surface area contributed by atoms with Crippen molar-refractivity contribution >= 4 is 11.9 Å². The van der Waals surface area contributed by atoms with Crippen molar-refractivity contribution in [2.75, 3.05) is 26.3 Å². The molecule has 6 nitrogen and oxygen atoms in total. The van der Waals surface area contributed by atoms with Crippen LogP contribution in [0.2, 0.25) is 0 Å². The van der Waals surface area contributed by atoms with Crippen molar-refractivity contribution in [1.82, 2.24) is 10.2 Å². The van der Waals surface area contributed by atoms with E-state index < -0.39 is 5.97 Å². The van der Waals surface area contributed by atoms with E-state index in [1.54, 1.807) is 0 Å². The second-order valence-corrected chi connectivity index (χ2v) is 4.76. The lowest BCUT2D eigenvalue weighted by Gasteiger charge is -2.29. The Bertz CT molecular complexity index is 306. The van der Waals surface area contributed by atoms with Gasteiger partial charge in [0.15, 0.2) is 0 Å². The summed E-state index contributed by atoms with van der Waals surface area (Å²) in [4.78, 5) is 24.5. The number of carbonyl (C=O) groups excluding carboxylic acids is 1. The monoisotopic (exact) mass is 258 g/mol. The van der Waals surface area contributed by atoms with Crippen LogP contribution in [0.3, 0.4) is 0 Å². The average molecular weight is 258 g/mol. The van der Waals surface area contributed by atoms with Crippen molar-refractivity contribution in [1.29, 1.82) is 0 Å². The minimum absolute atomic E-state index is 0.0162. The summed E-state index contributed by atoms with van der Waals surface area (Å²) in [6, 6.07) is -0.144. The molecule has 6 heteroatoms. The zero-order valence-corrected chi connectivity index (χ0v) is 11.2. The van der Waals surface area contributed by atoms with E-state index in [1.165, 1.54) is 4.90 Å². The van der Waals surface area contributed by atoms with E-state index in [0.29, 0.717) is 13.2 Å². The number of carboxylic acids is 1. The van der Waals surface area contributed by atoms with E-state index >= 15 is 0 Å². The SMILES string of the molecule is CCNC1COCC1C(=O)N(CC(=O)O)C(C)C. The second kappa shape index (κ2) is 6.70. The van der Waals surface area contributed by atoms with Gasteiger partial charge >= 0.3 is 5.97 Å². The standard InChI is InChI=1S/C12H22N2O4/c1-4-13-10-7-18-6-9(10)12(17)14(8(2)3)5-11(15)16/h8-10,13H,4-7H2,1-3H3,(H,15,16). The summed E-state index contributed by atoms with van der Waals surface area (Å²) in [5.41, 5.74) is 0. The Morgan fingerprint density at radius 3 is 2.61 bits per heavy atom. The topological polar surface area (TPSA) is 78.9 Å². The smallest absolute Gasteiger partial charge is 0.323 e. The van der Waals surface area contributed by atoms with Crippen molar-refractivity contribution in [2.45, 2.75) is 32.9 Å². The molecule has 0 aromatic carbocycles. The molecule has 1 heterocycles. The third-order valence-electron chi connectivity index (χ3n) is 3.08. The quantitative estimate of drug-likeness (QED) is 0.697. The van der Waals surface area contributed by atoms with E-state index in [4.69, 9.17) is 9.84 Å². The first-order valence-corrected chi connectivity index (χ1v) is 6.30. The Balaban J connectivity index is 2.72. The van der Waals surface area contributed by atoms with Crippen LogP contribution in [0.15, 0.2) is 0 Å². The Morgan fingerprint density at radius 2 is 2.11 bits per heavy atom. The van der Waals surface area contributed by atoms with Gasteiger partial charge in [-0.05, 0) is 20.4 Å². The largest absolute Gasteiger partial charge is 0.480 e. The number of nitrogens with one attached hydrogen (secondary N) is 1. The zero-order valence-electron chi connectivity index (χ0n) is 11.2. The van der Waals surface area contributed by atoms with E-state index in [2.05, 4.69) is 5.32 Å². The zero-order chi connectivity index (χ0) is 13.7. The van der Waals surface area contributed by atoms with Crippen LogP contribution < -0.4 is 5.32 Å². The molecule has 0 spiro atoms. The molecule has 0 aromatic rings. The van der Waals surface area contributed by atoms with Gasteiger partial charge in [0.05, 0.1) is 19.1 Å². The number of nitrogens with zero attached hydrogens (tertiary/aromatic N) is 1. The maximum atomic E-state index is 12.4. The van der Waals surface area contributed by atoms with Gasteiger partial charge in [-0.3, -0.25) is 9.59 Å². The third kappa shape index (κ3) is 3.68. The number of hydrogen-bond acceptors (Lipinski definition) is 4. The van der Waals surface area contributed by atoms with E-state index in [0.717, 1.165) is 6.54 Å². The predicted molar refractivity (Wildman–Crippen MR) is 66.3 cm³/mol. The van der Waals surface area contributed by atoms with Gasteiger partial charge in [0.2, 0.25) is 5.91 Å². The molecule has 1 rings (SSSR count). The summed E-state index contributed by atoms with van der Waals surface area (Å²) in [6.07, 6.45) is 0. The number of carbonyl (C=O) groups is 2. The predicted octanol–water partition coefficient (Wildman–Crippen LogP) is -0.0675. The molecule has 1 aliphatic heterocycles. The minimum Gasteiger partial charge on any atom is -0.480 e. The Hall–Kier alpha value is -1.14. The highest BCUT2D eigenvalue weighted by Crippen LogP contribution is 2.18. The highest BCUT2D eigenvalue weighted by atomic mass is 16.5. The molecule has 0 bridgehead atoms. The summed E-state index contributed by atoms with van der Waals surface area (Å²) in [6.45, 7) is 6.97. The van der Waals surface area contributed by atoms with Gasteiger partial charge < -0.3 is 20.1 Å². The van der Waals surface area contributed by atoms with Crippen LogP contribution in [-0.2, 0) is 14.3 Å². The van der Waals surface area contributed by atoms with Crippen LogP contribution in [-0.4, -0.2) is 60.3 Å². The summed E-state index contributed by atoms with van der Waals surface area (Å²) >= 11 is 0. The highest BCUT2D eigenvalue weighted by molar-refractivity contribution is 5.84. The van der Waals surface area contributed by atoms with Crippen LogP contribution in [0, 0.1) is 5.92 Å². The molecule has 18 heavy (non-hydrogen) atoms. The molecule has 2 N–H and O–H groups in total. The fraction of sp³-hybridized carbons (Fsp3) is 0.833. The fourth-order valence-corrected chi connectivity index (χ4v) is 2.13. The van der Waals surface area contributed by atoms with E-state index in [1.807, 2.05) is 20.8 Å². The summed E-state index contributed by atoms with van der Waals surface area (Å²) in [5.74, 6) is -1.42. The van der Waals surface area contributed by atoms with E-state index in [9.17, 15) is 9.59 Å². The molecular formula is C12H22N2O4. The van der Waals surface area contributed by atoms with Crippen LogP contribution >= 0.6 is 0 Å². The number of hydrogen-bond donors (Lipinski definition) is 2. The molecule has 0 aromatic heterocycles. The van der Waals surface area contributed by atoms with Crippen molar-refractivity contribution < 1.29 is 19.4 Å². The maximum absolute atomic E-state index is 12.4. The molecule has 0 aliphatic carbocycles. The average Bonchev–Trinajstić information content (AvgIpc) is 2.73. The molecule has 2 unspecified atom stereocenters. The van der Waals surface area contributed by atoms with E-state index in [-0.39, 0.29) is 30.5 Å². The van der Waals surface area contributed by atoms with Gasteiger partial charge in [0.1, 0.15) is 6.54 Å². The molecule has 2 atom stereocenters. The molecule has 1 fully saturated rings. The van der Waals surface area contributed by atoms with Crippen molar-refractivity contribution in [3.63, 3.8) is 0 Å². The lowest BCUT2D eigenvalue weighted by molar-refractivity contribution is -0.148. The van der Waals surface area contributed by atoms with Crippen LogP contribution in [0.25, 0.3) is 0 Å². The van der Waals surface area contributed by atoms with Gasteiger partial charge in [0, 0.05) is 12.1 Å². The number of rotatable bonds is 6. The number of aliphatic carboxylic acids is 1. The van der Waals surface area contributed by atoms with Crippen molar-refractivity contribution in [2.24, 2.45) is 5.92 Å². The maximum Gasteiger partial charge on any atom is 0.323 e. The fourth-order valence-electron chi connectivity index (χ4n) is 2.13. The summed E-state index contributed by atoms with van der Waals surface area (Å²) < 4.78 is 5.32. The van der Waals surface area contributed by atoms with Gasteiger partial charge in [-0.15, -0.1) is 0 Å². The highest BCUT2D eigenvalue weighted by Gasteiger charge is 2.37. The molecule has 1 saturated heterocycles. The summed E-state index contributed by atoms with van der Waals surface area (Å²) in [5, 5.41) is 12.1. The molecular weight excluding hydrogens is 236 g/mol. The van der Waals surface area contributed by atoms with Gasteiger partial charge in [-0.25, -0.2) is 0 Å². The molecule has 1 aliphatic rings. The molecule has 0 radical (unpaired) electrons. The number of carboxylic acid groups (broad SMARTS) is 1. The number of ether oxygens (including phenoxy) is 1. The minimum atomic E-state index is -0.990. The third-order valence-corrected chi connectivity index (χ3v) is 3.08. The normalized spacial score (nSPS) is 23.3.